The highest BCUT2D eigenvalue weighted by molar-refractivity contribution is 9.10. The first-order valence-corrected chi connectivity index (χ1v) is 15.7. The lowest BCUT2D eigenvalue weighted by Crippen LogP contribution is -2.52. The molecule has 0 saturated carbocycles. The Morgan fingerprint density at radius 2 is 1.62 bits per heavy atom. The molecule has 3 aromatic carbocycles. The van der Waals surface area contributed by atoms with Crippen molar-refractivity contribution in [3.8, 4) is 0 Å². The number of halogens is 1. The third-order valence-corrected chi connectivity index (χ3v) is 9.21. The lowest BCUT2D eigenvalue weighted by Gasteiger charge is -2.33. The van der Waals surface area contributed by atoms with Crippen molar-refractivity contribution >= 4 is 43.5 Å². The second-order valence-corrected chi connectivity index (χ2v) is 12.7. The van der Waals surface area contributed by atoms with Crippen LogP contribution in [0.1, 0.15) is 50.8 Å². The quantitative estimate of drug-likeness (QED) is 0.273. The lowest BCUT2D eigenvalue weighted by atomic mass is 10.1. The fraction of sp³-hybridized carbons (Fsp3) is 0.355. The van der Waals surface area contributed by atoms with Crippen molar-refractivity contribution in [1.29, 1.82) is 0 Å². The molecule has 7 nitrogen and oxygen atoms in total. The smallest absolute Gasteiger partial charge is 0.264 e. The van der Waals surface area contributed by atoms with Gasteiger partial charge < -0.3 is 10.2 Å². The van der Waals surface area contributed by atoms with Gasteiger partial charge in [-0.1, -0.05) is 77.8 Å². The zero-order valence-electron chi connectivity index (χ0n) is 23.7. The van der Waals surface area contributed by atoms with Crippen LogP contribution in [0.3, 0.4) is 0 Å². The van der Waals surface area contributed by atoms with Gasteiger partial charge >= 0.3 is 0 Å². The van der Waals surface area contributed by atoms with Crippen molar-refractivity contribution in [3.05, 3.63) is 94.0 Å². The fourth-order valence-electron chi connectivity index (χ4n) is 4.28. The zero-order chi connectivity index (χ0) is 29.4. The standard InChI is InChI=1S/C31H38BrN3O4S/c1-6-23(4)33-31(37)24(5)34(20-25-11-10-13-27(32)19-25)30(36)21-35(29-14-9-8-12-26(29)7-2)40(38,39)28-17-15-22(3)16-18-28/h8-19,23-24H,6-7,20-21H2,1-5H3,(H,33,37)/t23-,24+/m1/s1. The molecule has 0 fully saturated rings. The lowest BCUT2D eigenvalue weighted by molar-refractivity contribution is -0.139. The molecule has 2 amide bonds. The van der Waals surface area contributed by atoms with Crippen molar-refractivity contribution < 1.29 is 18.0 Å². The van der Waals surface area contributed by atoms with E-state index in [0.29, 0.717) is 12.1 Å². The summed E-state index contributed by atoms with van der Waals surface area (Å²) < 4.78 is 30.1. The Bertz CT molecular complexity index is 1430. The topological polar surface area (TPSA) is 86.8 Å². The predicted molar refractivity (Wildman–Crippen MR) is 164 cm³/mol. The monoisotopic (exact) mass is 627 g/mol. The molecule has 0 aliphatic rings. The zero-order valence-corrected chi connectivity index (χ0v) is 26.1. The highest BCUT2D eigenvalue weighted by atomic mass is 79.9. The van der Waals surface area contributed by atoms with E-state index in [0.717, 1.165) is 27.6 Å². The number of rotatable bonds is 12. The number of aryl methyl sites for hydroxylation is 2. The minimum absolute atomic E-state index is 0.0624. The molecular weight excluding hydrogens is 590 g/mol. The van der Waals surface area contributed by atoms with E-state index in [-0.39, 0.29) is 23.4 Å². The van der Waals surface area contributed by atoms with Gasteiger partial charge in [0.05, 0.1) is 10.6 Å². The molecule has 40 heavy (non-hydrogen) atoms. The largest absolute Gasteiger partial charge is 0.352 e. The van der Waals surface area contributed by atoms with E-state index in [4.69, 9.17) is 0 Å². The van der Waals surface area contributed by atoms with Crippen LogP contribution in [0.15, 0.2) is 82.2 Å². The molecule has 0 unspecified atom stereocenters. The average Bonchev–Trinajstić information content (AvgIpc) is 2.94. The van der Waals surface area contributed by atoms with E-state index in [1.165, 1.54) is 9.21 Å². The summed E-state index contributed by atoms with van der Waals surface area (Å²) in [6.07, 6.45) is 1.33. The van der Waals surface area contributed by atoms with Gasteiger partial charge in [0.15, 0.2) is 0 Å². The molecule has 3 aromatic rings. The average molecular weight is 629 g/mol. The normalized spacial score (nSPS) is 12.8. The third-order valence-electron chi connectivity index (χ3n) is 6.94. The van der Waals surface area contributed by atoms with Crippen molar-refractivity contribution in [2.45, 2.75) is 71.0 Å². The van der Waals surface area contributed by atoms with Gasteiger partial charge in [-0.2, -0.15) is 0 Å². The van der Waals surface area contributed by atoms with Crippen LogP contribution < -0.4 is 9.62 Å². The molecule has 0 heterocycles. The summed E-state index contributed by atoms with van der Waals surface area (Å²) >= 11 is 3.47. The Morgan fingerprint density at radius 3 is 2.25 bits per heavy atom. The summed E-state index contributed by atoms with van der Waals surface area (Å²) in [5.74, 6) is -0.770. The number of hydrogen-bond acceptors (Lipinski definition) is 4. The van der Waals surface area contributed by atoms with Gasteiger partial charge in [0.1, 0.15) is 12.6 Å². The van der Waals surface area contributed by atoms with Gasteiger partial charge in [0.2, 0.25) is 11.8 Å². The van der Waals surface area contributed by atoms with E-state index in [1.807, 2.05) is 64.1 Å². The molecule has 9 heteroatoms. The maximum atomic E-state index is 14.1. The van der Waals surface area contributed by atoms with E-state index in [1.54, 1.807) is 43.3 Å². The van der Waals surface area contributed by atoms with Gasteiger partial charge in [-0.3, -0.25) is 13.9 Å². The third kappa shape index (κ3) is 7.73. The molecule has 0 aliphatic heterocycles. The molecule has 0 spiro atoms. The Morgan fingerprint density at radius 1 is 0.950 bits per heavy atom. The maximum absolute atomic E-state index is 14.1. The Balaban J connectivity index is 2.06. The molecular formula is C31H38BrN3O4S. The number of amides is 2. The summed E-state index contributed by atoms with van der Waals surface area (Å²) in [5.41, 5.74) is 2.98. The van der Waals surface area contributed by atoms with Crippen molar-refractivity contribution in [3.63, 3.8) is 0 Å². The Labute approximate surface area is 246 Å². The van der Waals surface area contributed by atoms with Crippen LogP contribution in [0.5, 0.6) is 0 Å². The predicted octanol–water partition coefficient (Wildman–Crippen LogP) is 5.85. The SMILES string of the molecule is CCc1ccccc1N(CC(=O)N(Cc1cccc(Br)c1)[C@@H](C)C(=O)N[C@H](C)CC)S(=O)(=O)c1ccc(C)cc1. The Kier molecular flexibility index (Phi) is 10.9. The summed E-state index contributed by atoms with van der Waals surface area (Å²) in [5, 5.41) is 2.95. The number of anilines is 1. The number of nitrogens with zero attached hydrogens (tertiary/aromatic N) is 2. The molecule has 0 bridgehead atoms. The minimum Gasteiger partial charge on any atom is -0.352 e. The first-order valence-electron chi connectivity index (χ1n) is 13.5. The first-order chi connectivity index (χ1) is 19.0. The van der Waals surface area contributed by atoms with E-state index < -0.39 is 28.5 Å². The van der Waals surface area contributed by atoms with Crippen LogP contribution >= 0.6 is 15.9 Å². The van der Waals surface area contributed by atoms with E-state index in [9.17, 15) is 18.0 Å². The van der Waals surface area contributed by atoms with Crippen LogP contribution in [-0.2, 0) is 32.6 Å². The summed E-state index contributed by atoms with van der Waals surface area (Å²) in [4.78, 5) is 28.8. The fourth-order valence-corrected chi connectivity index (χ4v) is 6.18. The molecule has 0 saturated heterocycles. The van der Waals surface area contributed by atoms with Gasteiger partial charge in [0, 0.05) is 17.1 Å². The number of carbonyl (C=O) groups is 2. The number of hydrogen-bond donors (Lipinski definition) is 1. The van der Waals surface area contributed by atoms with Gasteiger partial charge in [-0.25, -0.2) is 8.42 Å². The summed E-state index contributed by atoms with van der Waals surface area (Å²) in [6.45, 7) is 9.06. The van der Waals surface area contributed by atoms with Crippen molar-refractivity contribution in [1.82, 2.24) is 10.2 Å². The highest BCUT2D eigenvalue weighted by Gasteiger charge is 2.33. The van der Waals surface area contributed by atoms with Crippen LogP contribution in [0.4, 0.5) is 5.69 Å². The molecule has 0 aromatic heterocycles. The molecule has 0 aliphatic carbocycles. The van der Waals surface area contributed by atoms with E-state index in [2.05, 4.69) is 21.2 Å². The number of carbonyl (C=O) groups excluding carboxylic acids is 2. The molecule has 2 atom stereocenters. The van der Waals surface area contributed by atoms with E-state index >= 15 is 0 Å². The minimum atomic E-state index is -4.10. The number of benzene rings is 3. The molecule has 3 rings (SSSR count). The second kappa shape index (κ2) is 13.9. The van der Waals surface area contributed by atoms with Crippen LogP contribution in [-0.4, -0.2) is 43.8 Å². The maximum Gasteiger partial charge on any atom is 0.264 e. The van der Waals surface area contributed by atoms with Crippen LogP contribution in [0.25, 0.3) is 0 Å². The van der Waals surface area contributed by atoms with Gasteiger partial charge in [0.25, 0.3) is 10.0 Å². The van der Waals surface area contributed by atoms with Crippen LogP contribution in [0.2, 0.25) is 0 Å². The molecule has 0 radical (unpaired) electrons. The number of para-hydroxylation sites is 1. The van der Waals surface area contributed by atoms with Crippen molar-refractivity contribution in [2.75, 3.05) is 10.8 Å². The van der Waals surface area contributed by atoms with Crippen molar-refractivity contribution in [2.24, 2.45) is 0 Å². The second-order valence-electron chi connectivity index (χ2n) is 9.95. The highest BCUT2D eigenvalue weighted by Crippen LogP contribution is 2.28. The molecule has 1 N–H and O–H groups in total. The summed E-state index contributed by atoms with van der Waals surface area (Å²) in [6, 6.07) is 20.4. The molecule has 214 valence electrons. The van der Waals surface area contributed by atoms with Gasteiger partial charge in [-0.15, -0.1) is 0 Å². The number of sulfonamides is 1. The van der Waals surface area contributed by atoms with Gasteiger partial charge in [-0.05, 0) is 75.1 Å². The Hall–Kier alpha value is -3.17. The first kappa shape index (κ1) is 31.4. The number of nitrogens with one attached hydrogen (secondary N) is 1. The van der Waals surface area contributed by atoms with Crippen LogP contribution in [0, 0.1) is 6.92 Å². The summed E-state index contributed by atoms with van der Waals surface area (Å²) in [7, 11) is -4.10.